The third-order valence-corrected chi connectivity index (χ3v) is 6.61. The molecule has 0 saturated carbocycles. The second kappa shape index (κ2) is 12.0. The number of esters is 1. The SMILES string of the molecule is C=CCOC(=O)C1=C(C)Nc2nc(SCC)nn2C1c1ccc(OCc2ccccc2C)c(OCC)c1. The molecule has 1 aromatic heterocycles. The molecule has 8 nitrogen and oxygen atoms in total. The number of hydrogen-bond donors (Lipinski definition) is 1. The molecular formula is C28H32N4O4S. The van der Waals surface area contributed by atoms with Gasteiger partial charge in [-0.15, -0.1) is 5.10 Å². The van der Waals surface area contributed by atoms with Crippen molar-refractivity contribution in [2.45, 2.75) is 45.5 Å². The van der Waals surface area contributed by atoms with Gasteiger partial charge in [-0.2, -0.15) is 4.98 Å². The quantitative estimate of drug-likeness (QED) is 0.196. The molecule has 3 aromatic rings. The number of carbonyl (C=O) groups is 1. The van der Waals surface area contributed by atoms with Gasteiger partial charge in [-0.25, -0.2) is 9.48 Å². The average Bonchev–Trinajstić information content (AvgIpc) is 3.28. The van der Waals surface area contributed by atoms with Crippen LogP contribution >= 0.6 is 11.8 Å². The first kappa shape index (κ1) is 26.3. The number of nitrogens with one attached hydrogen (secondary N) is 1. The third kappa shape index (κ3) is 5.83. The molecule has 2 heterocycles. The lowest BCUT2D eigenvalue weighted by atomic mass is 9.95. The lowest BCUT2D eigenvalue weighted by Gasteiger charge is -2.28. The van der Waals surface area contributed by atoms with Gasteiger partial charge in [0, 0.05) is 5.70 Å². The Morgan fingerprint density at radius 3 is 2.70 bits per heavy atom. The summed E-state index contributed by atoms with van der Waals surface area (Å²) in [6, 6.07) is 13.3. The maximum Gasteiger partial charge on any atom is 0.338 e. The van der Waals surface area contributed by atoms with Gasteiger partial charge in [0.25, 0.3) is 0 Å². The van der Waals surface area contributed by atoms with E-state index in [1.165, 1.54) is 11.8 Å². The number of aryl methyl sites for hydroxylation is 1. The predicted molar refractivity (Wildman–Crippen MR) is 145 cm³/mol. The van der Waals surface area contributed by atoms with Crippen molar-refractivity contribution in [1.82, 2.24) is 14.8 Å². The highest BCUT2D eigenvalue weighted by Crippen LogP contribution is 2.40. The lowest BCUT2D eigenvalue weighted by molar-refractivity contribution is -0.138. The Morgan fingerprint density at radius 2 is 1.97 bits per heavy atom. The highest BCUT2D eigenvalue weighted by Gasteiger charge is 2.35. The van der Waals surface area contributed by atoms with Crippen LogP contribution in [0.3, 0.4) is 0 Å². The van der Waals surface area contributed by atoms with Crippen LogP contribution in [0.1, 0.15) is 43.5 Å². The highest BCUT2D eigenvalue weighted by molar-refractivity contribution is 7.99. The Bertz CT molecular complexity index is 1320. The van der Waals surface area contributed by atoms with E-state index in [9.17, 15) is 4.79 Å². The number of carbonyl (C=O) groups excluding carboxylic acids is 1. The third-order valence-electron chi connectivity index (χ3n) is 5.89. The summed E-state index contributed by atoms with van der Waals surface area (Å²) in [5.41, 5.74) is 4.17. The molecule has 37 heavy (non-hydrogen) atoms. The maximum absolute atomic E-state index is 13.2. The van der Waals surface area contributed by atoms with E-state index in [-0.39, 0.29) is 6.61 Å². The van der Waals surface area contributed by atoms with Gasteiger partial charge >= 0.3 is 5.97 Å². The van der Waals surface area contributed by atoms with Crippen molar-refractivity contribution in [2.75, 3.05) is 24.3 Å². The van der Waals surface area contributed by atoms with Gasteiger partial charge in [-0.3, -0.25) is 0 Å². The molecule has 9 heteroatoms. The zero-order valence-corrected chi connectivity index (χ0v) is 22.4. The zero-order valence-electron chi connectivity index (χ0n) is 21.6. The second-order valence-electron chi connectivity index (χ2n) is 8.40. The standard InChI is InChI=1S/C28H32N4O4S/c1-6-15-35-26(33)24-19(5)29-27-30-28(37-8-3)31-32(27)25(24)20-13-14-22(23(16-20)34-7-2)36-17-21-12-10-9-11-18(21)4/h6,9-14,16,25H,1,7-8,15,17H2,2-5H3,(H,29,30,31). The van der Waals surface area contributed by atoms with Crippen LogP contribution in [0, 0.1) is 6.92 Å². The van der Waals surface area contributed by atoms with E-state index in [2.05, 4.69) is 29.9 Å². The fourth-order valence-corrected chi connectivity index (χ4v) is 4.67. The summed E-state index contributed by atoms with van der Waals surface area (Å²) in [4.78, 5) is 17.8. The molecule has 0 radical (unpaired) electrons. The van der Waals surface area contributed by atoms with Crippen molar-refractivity contribution >= 4 is 23.7 Å². The molecule has 0 bridgehead atoms. The Morgan fingerprint density at radius 1 is 1.16 bits per heavy atom. The van der Waals surface area contributed by atoms with Gasteiger partial charge in [0.15, 0.2) is 11.5 Å². The van der Waals surface area contributed by atoms with Crippen molar-refractivity contribution in [1.29, 1.82) is 0 Å². The first-order chi connectivity index (χ1) is 18.0. The summed E-state index contributed by atoms with van der Waals surface area (Å²) < 4.78 is 19.3. The van der Waals surface area contributed by atoms with E-state index in [4.69, 9.17) is 19.3 Å². The molecule has 0 fully saturated rings. The fraction of sp³-hybridized carbons (Fsp3) is 0.321. The van der Waals surface area contributed by atoms with E-state index < -0.39 is 12.0 Å². The van der Waals surface area contributed by atoms with Crippen LogP contribution in [-0.4, -0.2) is 39.7 Å². The summed E-state index contributed by atoms with van der Waals surface area (Å²) >= 11 is 1.53. The Balaban J connectivity index is 1.74. The van der Waals surface area contributed by atoms with E-state index in [1.807, 2.05) is 57.2 Å². The van der Waals surface area contributed by atoms with Crippen LogP contribution in [-0.2, 0) is 16.1 Å². The van der Waals surface area contributed by atoms with Crippen molar-refractivity contribution in [3.05, 3.63) is 83.1 Å². The molecule has 1 aliphatic rings. The van der Waals surface area contributed by atoms with Gasteiger partial charge < -0.3 is 19.5 Å². The summed E-state index contributed by atoms with van der Waals surface area (Å²) in [6.07, 6.45) is 1.55. The first-order valence-corrected chi connectivity index (χ1v) is 13.2. The molecular weight excluding hydrogens is 488 g/mol. The van der Waals surface area contributed by atoms with Crippen LogP contribution in [0.15, 0.2) is 71.5 Å². The molecule has 0 aliphatic carbocycles. The molecule has 1 unspecified atom stereocenters. The Labute approximate surface area is 221 Å². The van der Waals surface area contributed by atoms with Gasteiger partial charge in [-0.05, 0) is 55.3 Å². The van der Waals surface area contributed by atoms with Gasteiger partial charge in [-0.1, -0.05) is 61.7 Å². The number of nitrogens with zero attached hydrogens (tertiary/aromatic N) is 3. The highest BCUT2D eigenvalue weighted by atomic mass is 32.2. The van der Waals surface area contributed by atoms with E-state index in [1.54, 1.807) is 10.8 Å². The lowest BCUT2D eigenvalue weighted by Crippen LogP contribution is -2.29. The van der Waals surface area contributed by atoms with Gasteiger partial charge in [0.05, 0.1) is 12.2 Å². The molecule has 1 aliphatic heterocycles. The summed E-state index contributed by atoms with van der Waals surface area (Å²) in [7, 11) is 0. The van der Waals surface area contributed by atoms with E-state index in [0.29, 0.717) is 47.1 Å². The first-order valence-electron chi connectivity index (χ1n) is 12.3. The number of fused-ring (bicyclic) bond motifs is 1. The normalized spacial score (nSPS) is 14.5. The molecule has 4 rings (SSSR count). The number of thioether (sulfide) groups is 1. The number of rotatable bonds is 11. The minimum Gasteiger partial charge on any atom is -0.490 e. The second-order valence-corrected chi connectivity index (χ2v) is 9.63. The summed E-state index contributed by atoms with van der Waals surface area (Å²) in [5, 5.41) is 8.55. The van der Waals surface area contributed by atoms with Crippen LogP contribution in [0.5, 0.6) is 11.5 Å². The van der Waals surface area contributed by atoms with Gasteiger partial charge in [0.2, 0.25) is 11.1 Å². The van der Waals surface area contributed by atoms with E-state index in [0.717, 1.165) is 22.4 Å². The topological polar surface area (TPSA) is 87.5 Å². The summed E-state index contributed by atoms with van der Waals surface area (Å²) in [6.45, 7) is 12.5. The molecule has 194 valence electrons. The largest absolute Gasteiger partial charge is 0.490 e. The van der Waals surface area contributed by atoms with Gasteiger partial charge in [0.1, 0.15) is 19.3 Å². The minimum absolute atomic E-state index is 0.110. The van der Waals surface area contributed by atoms with Crippen molar-refractivity contribution in [3.8, 4) is 11.5 Å². The fourth-order valence-electron chi connectivity index (χ4n) is 4.12. The predicted octanol–water partition coefficient (Wildman–Crippen LogP) is 5.69. The number of aromatic nitrogens is 3. The zero-order chi connectivity index (χ0) is 26.4. The molecule has 0 spiro atoms. The van der Waals surface area contributed by atoms with Crippen molar-refractivity contribution in [2.24, 2.45) is 0 Å². The maximum atomic E-state index is 13.2. The monoisotopic (exact) mass is 520 g/mol. The smallest absolute Gasteiger partial charge is 0.338 e. The number of hydrogen-bond acceptors (Lipinski definition) is 8. The number of benzene rings is 2. The number of ether oxygens (including phenoxy) is 3. The van der Waals surface area contributed by atoms with Crippen LogP contribution in [0.25, 0.3) is 0 Å². The Kier molecular flexibility index (Phi) is 8.55. The molecule has 0 saturated heterocycles. The summed E-state index contributed by atoms with van der Waals surface area (Å²) in [5.74, 6) is 2.17. The molecule has 1 atom stereocenters. The molecule has 0 amide bonds. The molecule has 2 aromatic carbocycles. The number of anilines is 1. The van der Waals surface area contributed by atoms with Crippen LogP contribution in [0.2, 0.25) is 0 Å². The molecule has 1 N–H and O–H groups in total. The number of allylic oxidation sites excluding steroid dienone is 1. The minimum atomic E-state index is -0.558. The Hall–Kier alpha value is -3.72. The average molecular weight is 521 g/mol. The van der Waals surface area contributed by atoms with Crippen LogP contribution in [0.4, 0.5) is 5.95 Å². The van der Waals surface area contributed by atoms with E-state index >= 15 is 0 Å². The van der Waals surface area contributed by atoms with Crippen molar-refractivity contribution in [3.63, 3.8) is 0 Å². The van der Waals surface area contributed by atoms with Crippen molar-refractivity contribution < 1.29 is 19.0 Å². The van der Waals surface area contributed by atoms with Crippen LogP contribution < -0.4 is 14.8 Å².